The average Bonchev–Trinajstić information content (AvgIpc) is 2.78. The molecule has 1 aromatic heterocycles. The van der Waals surface area contributed by atoms with Crippen LogP contribution >= 0.6 is 11.8 Å². The maximum atomic E-state index is 12.3. The summed E-state index contributed by atoms with van der Waals surface area (Å²) in [5, 5.41) is 11.6. The molecule has 1 heterocycles. The minimum atomic E-state index is -3.28. The van der Waals surface area contributed by atoms with Gasteiger partial charge in [-0.15, -0.1) is 5.10 Å². The summed E-state index contributed by atoms with van der Waals surface area (Å²) in [6.07, 6.45) is 0. The van der Waals surface area contributed by atoms with Crippen LogP contribution in [0.3, 0.4) is 0 Å². The minimum absolute atomic E-state index is 0.0643. The van der Waals surface area contributed by atoms with Crippen molar-refractivity contribution in [3.63, 3.8) is 0 Å². The van der Waals surface area contributed by atoms with Crippen LogP contribution in [0.4, 0.5) is 0 Å². The van der Waals surface area contributed by atoms with Gasteiger partial charge >= 0.3 is 0 Å². The molecule has 0 aliphatic heterocycles. The molecule has 2 aromatic rings. The van der Waals surface area contributed by atoms with Crippen molar-refractivity contribution < 1.29 is 8.42 Å². The van der Waals surface area contributed by atoms with Gasteiger partial charge in [0.2, 0.25) is 5.16 Å². The Kier molecular flexibility index (Phi) is 4.44. The smallest absolute Gasteiger partial charge is 0.209 e. The second kappa shape index (κ2) is 5.92. The molecule has 8 heteroatoms. The SMILES string of the molecule is Cc1ccc(C)c(S(=O)(=O)CCSc2nnnn2C)c1. The predicted octanol–water partition coefficient (Wildman–Crippen LogP) is 1.39. The first kappa shape index (κ1) is 15.0. The van der Waals surface area contributed by atoms with Crippen molar-refractivity contribution in [1.29, 1.82) is 0 Å². The van der Waals surface area contributed by atoms with Crippen molar-refractivity contribution in [3.05, 3.63) is 29.3 Å². The van der Waals surface area contributed by atoms with Gasteiger partial charge in [0.25, 0.3) is 0 Å². The molecule has 0 unspecified atom stereocenters. The summed E-state index contributed by atoms with van der Waals surface area (Å²) in [4.78, 5) is 0.411. The number of hydrogen-bond donors (Lipinski definition) is 0. The summed E-state index contributed by atoms with van der Waals surface area (Å²) in [7, 11) is -1.55. The van der Waals surface area contributed by atoms with Gasteiger partial charge in [0.05, 0.1) is 10.6 Å². The third-order valence-corrected chi connectivity index (χ3v) is 5.97. The van der Waals surface area contributed by atoms with E-state index in [1.165, 1.54) is 16.4 Å². The Balaban J connectivity index is 2.08. The Labute approximate surface area is 122 Å². The fourth-order valence-electron chi connectivity index (χ4n) is 1.74. The van der Waals surface area contributed by atoms with E-state index in [1.807, 2.05) is 26.0 Å². The highest BCUT2D eigenvalue weighted by Crippen LogP contribution is 2.20. The maximum absolute atomic E-state index is 12.3. The van der Waals surface area contributed by atoms with Crippen molar-refractivity contribution in [2.75, 3.05) is 11.5 Å². The molecule has 0 fully saturated rings. The first-order valence-electron chi connectivity index (χ1n) is 6.05. The van der Waals surface area contributed by atoms with Crippen LogP contribution < -0.4 is 0 Å². The quantitative estimate of drug-likeness (QED) is 0.777. The van der Waals surface area contributed by atoms with Gasteiger partial charge in [-0.3, -0.25) is 0 Å². The van der Waals surface area contributed by atoms with E-state index in [-0.39, 0.29) is 5.75 Å². The molecule has 2 rings (SSSR count). The summed E-state index contributed by atoms with van der Waals surface area (Å²) >= 11 is 1.33. The number of aromatic nitrogens is 4. The summed E-state index contributed by atoms with van der Waals surface area (Å²) in [5.74, 6) is 0.485. The molecule has 0 bridgehead atoms. The summed E-state index contributed by atoms with van der Waals surface area (Å²) in [5.41, 5.74) is 1.72. The molecule has 0 aliphatic carbocycles. The number of hydrogen-bond acceptors (Lipinski definition) is 6. The molecule has 6 nitrogen and oxygen atoms in total. The fourth-order valence-corrected chi connectivity index (χ4v) is 4.59. The lowest BCUT2D eigenvalue weighted by molar-refractivity contribution is 0.597. The Morgan fingerprint density at radius 3 is 2.70 bits per heavy atom. The molecule has 0 aliphatic rings. The highest BCUT2D eigenvalue weighted by atomic mass is 32.2. The molecule has 20 heavy (non-hydrogen) atoms. The second-order valence-corrected chi connectivity index (χ2v) is 7.66. The number of nitrogens with zero attached hydrogens (tertiary/aromatic N) is 4. The molecule has 0 saturated heterocycles. The molecule has 1 aromatic carbocycles. The van der Waals surface area contributed by atoms with Gasteiger partial charge in [0.15, 0.2) is 9.84 Å². The number of thioether (sulfide) groups is 1. The van der Waals surface area contributed by atoms with Crippen molar-refractivity contribution in [2.24, 2.45) is 7.05 Å². The molecule has 0 atom stereocenters. The molecule has 108 valence electrons. The zero-order chi connectivity index (χ0) is 14.8. The lowest BCUT2D eigenvalue weighted by Crippen LogP contribution is -2.11. The van der Waals surface area contributed by atoms with Crippen LogP contribution in [0.15, 0.2) is 28.3 Å². The number of tetrazole rings is 1. The second-order valence-electron chi connectivity index (χ2n) is 4.52. The van der Waals surface area contributed by atoms with Crippen LogP contribution in [0.2, 0.25) is 0 Å². The zero-order valence-electron chi connectivity index (χ0n) is 11.6. The summed E-state index contributed by atoms with van der Waals surface area (Å²) in [6, 6.07) is 5.47. The van der Waals surface area contributed by atoms with Crippen LogP contribution in [0, 0.1) is 13.8 Å². The molecule has 0 saturated carbocycles. The van der Waals surface area contributed by atoms with Crippen LogP contribution in [-0.2, 0) is 16.9 Å². The molecular weight excluding hydrogens is 296 g/mol. The van der Waals surface area contributed by atoms with Crippen molar-refractivity contribution in [1.82, 2.24) is 20.2 Å². The van der Waals surface area contributed by atoms with Crippen molar-refractivity contribution >= 4 is 21.6 Å². The third kappa shape index (κ3) is 3.37. The fraction of sp³-hybridized carbons (Fsp3) is 0.417. The Bertz CT molecular complexity index is 710. The molecule has 0 spiro atoms. The first-order valence-corrected chi connectivity index (χ1v) is 8.69. The van der Waals surface area contributed by atoms with Crippen LogP contribution in [0.1, 0.15) is 11.1 Å². The van der Waals surface area contributed by atoms with Crippen molar-refractivity contribution in [3.8, 4) is 0 Å². The van der Waals surface area contributed by atoms with E-state index in [1.54, 1.807) is 13.1 Å². The van der Waals surface area contributed by atoms with E-state index < -0.39 is 9.84 Å². The lowest BCUT2D eigenvalue weighted by atomic mass is 10.2. The van der Waals surface area contributed by atoms with E-state index in [0.29, 0.717) is 15.8 Å². The Hall–Kier alpha value is -1.41. The summed E-state index contributed by atoms with van der Waals surface area (Å²) < 4.78 is 26.2. The van der Waals surface area contributed by atoms with Gasteiger partial charge in [-0.05, 0) is 41.5 Å². The van der Waals surface area contributed by atoms with Gasteiger partial charge in [-0.2, -0.15) is 0 Å². The highest BCUT2D eigenvalue weighted by molar-refractivity contribution is 8.00. The van der Waals surface area contributed by atoms with Gasteiger partial charge in [-0.1, -0.05) is 23.9 Å². The standard InChI is InChI=1S/C12H16N4O2S2/c1-9-4-5-10(2)11(8-9)20(17,18)7-6-19-12-13-14-15-16(12)3/h4-5,8H,6-7H2,1-3H3. The van der Waals surface area contributed by atoms with E-state index in [0.717, 1.165) is 11.1 Å². The van der Waals surface area contributed by atoms with Crippen LogP contribution in [0.5, 0.6) is 0 Å². The average molecular weight is 312 g/mol. The first-order chi connectivity index (χ1) is 9.40. The van der Waals surface area contributed by atoms with Gasteiger partial charge in [-0.25, -0.2) is 13.1 Å². The van der Waals surface area contributed by atoms with Crippen LogP contribution in [0.25, 0.3) is 0 Å². The van der Waals surface area contributed by atoms with Gasteiger partial charge < -0.3 is 0 Å². The zero-order valence-corrected chi connectivity index (χ0v) is 13.2. The molecular formula is C12H16N4O2S2. The molecule has 0 N–H and O–H groups in total. The normalized spacial score (nSPS) is 11.8. The monoisotopic (exact) mass is 312 g/mol. The highest BCUT2D eigenvalue weighted by Gasteiger charge is 2.17. The largest absolute Gasteiger partial charge is 0.224 e. The topological polar surface area (TPSA) is 77.7 Å². The Morgan fingerprint density at radius 2 is 2.05 bits per heavy atom. The number of benzene rings is 1. The molecule has 0 amide bonds. The minimum Gasteiger partial charge on any atom is -0.224 e. The van der Waals surface area contributed by atoms with Crippen LogP contribution in [-0.4, -0.2) is 40.1 Å². The van der Waals surface area contributed by atoms with Gasteiger partial charge in [0.1, 0.15) is 0 Å². The van der Waals surface area contributed by atoms with E-state index >= 15 is 0 Å². The van der Waals surface area contributed by atoms with Gasteiger partial charge in [0, 0.05) is 12.8 Å². The predicted molar refractivity (Wildman–Crippen MR) is 77.5 cm³/mol. The lowest BCUT2D eigenvalue weighted by Gasteiger charge is -2.08. The van der Waals surface area contributed by atoms with Crippen molar-refractivity contribution in [2.45, 2.75) is 23.9 Å². The van der Waals surface area contributed by atoms with E-state index in [4.69, 9.17) is 0 Å². The summed E-state index contributed by atoms with van der Waals surface area (Å²) in [6.45, 7) is 3.70. The Morgan fingerprint density at radius 1 is 1.30 bits per heavy atom. The molecule has 0 radical (unpaired) electrons. The number of rotatable bonds is 5. The van der Waals surface area contributed by atoms with E-state index in [9.17, 15) is 8.42 Å². The maximum Gasteiger partial charge on any atom is 0.209 e. The number of sulfone groups is 1. The van der Waals surface area contributed by atoms with E-state index in [2.05, 4.69) is 15.5 Å². The number of aryl methyl sites for hydroxylation is 3. The third-order valence-electron chi connectivity index (χ3n) is 2.84.